The van der Waals surface area contributed by atoms with E-state index in [-0.39, 0.29) is 5.92 Å². The van der Waals surface area contributed by atoms with E-state index in [2.05, 4.69) is 0 Å². The van der Waals surface area contributed by atoms with Gasteiger partial charge in [-0.15, -0.1) is 0 Å². The average molecular weight is 241 g/mol. The summed E-state index contributed by atoms with van der Waals surface area (Å²) >= 11 is 12.0. The van der Waals surface area contributed by atoms with Crippen LogP contribution in [0.1, 0.15) is 24.2 Å². The highest BCUT2D eigenvalue weighted by atomic mass is 35.5. The van der Waals surface area contributed by atoms with Gasteiger partial charge in [0.15, 0.2) is 0 Å². The molecule has 1 aromatic heterocycles. The quantitative estimate of drug-likeness (QED) is 0.740. The molecular weight excluding hydrogens is 231 g/mol. The summed E-state index contributed by atoms with van der Waals surface area (Å²) in [7, 11) is 0. The highest BCUT2D eigenvalue weighted by molar-refractivity contribution is 6.35. The van der Waals surface area contributed by atoms with Crippen LogP contribution in [0, 0.1) is 0 Å². The molecule has 1 heterocycles. The van der Waals surface area contributed by atoms with Crippen LogP contribution in [0.15, 0.2) is 41.0 Å². The second kappa shape index (κ2) is 4.30. The lowest BCUT2D eigenvalue weighted by Crippen LogP contribution is -1.94. The molecule has 0 fully saturated rings. The van der Waals surface area contributed by atoms with Gasteiger partial charge in [-0.3, -0.25) is 0 Å². The summed E-state index contributed by atoms with van der Waals surface area (Å²) < 4.78 is 5.34. The van der Waals surface area contributed by atoms with Gasteiger partial charge in [0.1, 0.15) is 5.76 Å². The van der Waals surface area contributed by atoms with Crippen molar-refractivity contribution in [1.29, 1.82) is 0 Å². The van der Waals surface area contributed by atoms with E-state index in [0.29, 0.717) is 10.0 Å². The third kappa shape index (κ3) is 2.19. The Balaban J connectivity index is 2.38. The van der Waals surface area contributed by atoms with Gasteiger partial charge in [-0.25, -0.2) is 0 Å². The van der Waals surface area contributed by atoms with Gasteiger partial charge in [0.2, 0.25) is 0 Å². The van der Waals surface area contributed by atoms with Gasteiger partial charge in [0, 0.05) is 16.0 Å². The molecule has 2 aromatic rings. The first kappa shape index (κ1) is 10.6. The molecule has 1 nitrogen and oxygen atoms in total. The fourth-order valence-electron chi connectivity index (χ4n) is 1.54. The average Bonchev–Trinajstić information content (AvgIpc) is 2.69. The standard InChI is InChI=1S/C12H10Cl2O/c1-8(12-3-2-6-15-12)10-5-4-9(13)7-11(10)14/h2-8H,1H3. The largest absolute Gasteiger partial charge is 0.469 e. The minimum Gasteiger partial charge on any atom is -0.469 e. The van der Waals surface area contributed by atoms with Crippen LogP contribution in [-0.2, 0) is 0 Å². The molecule has 0 saturated carbocycles. The predicted molar refractivity (Wildman–Crippen MR) is 62.7 cm³/mol. The Morgan fingerprint density at radius 1 is 1.20 bits per heavy atom. The van der Waals surface area contributed by atoms with Crippen molar-refractivity contribution in [3.05, 3.63) is 58.0 Å². The first-order chi connectivity index (χ1) is 7.18. The Hall–Kier alpha value is -0.920. The first-order valence-electron chi connectivity index (χ1n) is 4.67. The molecular formula is C12H10Cl2O. The zero-order chi connectivity index (χ0) is 10.8. The van der Waals surface area contributed by atoms with Crippen molar-refractivity contribution in [2.45, 2.75) is 12.8 Å². The number of halogens is 2. The maximum absolute atomic E-state index is 6.12. The summed E-state index contributed by atoms with van der Waals surface area (Å²) in [4.78, 5) is 0. The summed E-state index contributed by atoms with van der Waals surface area (Å²) in [5.41, 5.74) is 1.02. The monoisotopic (exact) mass is 240 g/mol. The zero-order valence-electron chi connectivity index (χ0n) is 8.21. The fraction of sp³-hybridized carbons (Fsp3) is 0.167. The lowest BCUT2D eigenvalue weighted by molar-refractivity contribution is 0.496. The van der Waals surface area contributed by atoms with Crippen molar-refractivity contribution in [1.82, 2.24) is 0 Å². The van der Waals surface area contributed by atoms with Crippen LogP contribution in [0.3, 0.4) is 0 Å². The highest BCUT2D eigenvalue weighted by Crippen LogP contribution is 2.31. The van der Waals surface area contributed by atoms with Crippen LogP contribution in [0.4, 0.5) is 0 Å². The van der Waals surface area contributed by atoms with E-state index in [1.165, 1.54) is 0 Å². The predicted octanol–water partition coefficient (Wildman–Crippen LogP) is 4.74. The Kier molecular flexibility index (Phi) is 3.03. The van der Waals surface area contributed by atoms with Crippen molar-refractivity contribution < 1.29 is 4.42 Å². The van der Waals surface area contributed by atoms with E-state index < -0.39 is 0 Å². The van der Waals surface area contributed by atoms with Gasteiger partial charge in [-0.05, 0) is 29.8 Å². The highest BCUT2D eigenvalue weighted by Gasteiger charge is 2.14. The third-order valence-corrected chi connectivity index (χ3v) is 2.96. The van der Waals surface area contributed by atoms with Crippen LogP contribution in [0.25, 0.3) is 0 Å². The van der Waals surface area contributed by atoms with E-state index >= 15 is 0 Å². The van der Waals surface area contributed by atoms with Crippen LogP contribution in [0.5, 0.6) is 0 Å². The second-order valence-corrected chi connectivity index (χ2v) is 4.25. The van der Waals surface area contributed by atoms with Crippen molar-refractivity contribution in [2.75, 3.05) is 0 Å². The maximum Gasteiger partial charge on any atom is 0.110 e. The van der Waals surface area contributed by atoms with Crippen LogP contribution in [0.2, 0.25) is 10.0 Å². The molecule has 1 atom stereocenters. The van der Waals surface area contributed by atoms with E-state index in [4.69, 9.17) is 27.6 Å². The maximum atomic E-state index is 6.12. The lowest BCUT2D eigenvalue weighted by Gasteiger charge is -2.11. The molecule has 0 aliphatic carbocycles. The summed E-state index contributed by atoms with van der Waals surface area (Å²) in [6, 6.07) is 9.32. The van der Waals surface area contributed by atoms with Gasteiger partial charge in [0.25, 0.3) is 0 Å². The number of rotatable bonds is 2. The minimum atomic E-state index is 0.143. The molecule has 0 aliphatic rings. The molecule has 78 valence electrons. The van der Waals surface area contributed by atoms with E-state index in [0.717, 1.165) is 11.3 Å². The minimum absolute atomic E-state index is 0.143. The number of furan rings is 1. The molecule has 0 spiro atoms. The lowest BCUT2D eigenvalue weighted by atomic mass is 9.99. The Labute approximate surface area is 98.6 Å². The van der Waals surface area contributed by atoms with Gasteiger partial charge in [-0.2, -0.15) is 0 Å². The molecule has 0 bridgehead atoms. The smallest absolute Gasteiger partial charge is 0.110 e. The first-order valence-corrected chi connectivity index (χ1v) is 5.42. The summed E-state index contributed by atoms with van der Waals surface area (Å²) in [5, 5.41) is 1.32. The van der Waals surface area contributed by atoms with Crippen molar-refractivity contribution in [3.8, 4) is 0 Å². The molecule has 0 radical (unpaired) electrons. The Bertz CT molecular complexity index is 449. The molecule has 1 unspecified atom stereocenters. The molecule has 0 N–H and O–H groups in total. The topological polar surface area (TPSA) is 13.1 Å². The van der Waals surface area contributed by atoms with Crippen molar-refractivity contribution in [2.24, 2.45) is 0 Å². The molecule has 3 heteroatoms. The van der Waals surface area contributed by atoms with Crippen molar-refractivity contribution in [3.63, 3.8) is 0 Å². The summed E-state index contributed by atoms with van der Waals surface area (Å²) in [5.74, 6) is 1.05. The zero-order valence-corrected chi connectivity index (χ0v) is 9.72. The second-order valence-electron chi connectivity index (χ2n) is 3.40. The Morgan fingerprint density at radius 2 is 2.00 bits per heavy atom. The Morgan fingerprint density at radius 3 is 2.60 bits per heavy atom. The summed E-state index contributed by atoms with van der Waals surface area (Å²) in [6.45, 7) is 2.05. The van der Waals surface area contributed by atoms with E-state index in [9.17, 15) is 0 Å². The van der Waals surface area contributed by atoms with Gasteiger partial charge >= 0.3 is 0 Å². The van der Waals surface area contributed by atoms with Gasteiger partial charge < -0.3 is 4.42 Å². The molecule has 15 heavy (non-hydrogen) atoms. The van der Waals surface area contributed by atoms with Crippen LogP contribution in [-0.4, -0.2) is 0 Å². The molecule has 2 rings (SSSR count). The molecule has 0 saturated heterocycles. The van der Waals surface area contributed by atoms with Crippen molar-refractivity contribution >= 4 is 23.2 Å². The third-order valence-electron chi connectivity index (χ3n) is 2.40. The SMILES string of the molecule is CC(c1ccco1)c1ccc(Cl)cc1Cl. The molecule has 0 amide bonds. The molecule has 0 aliphatic heterocycles. The normalized spacial score (nSPS) is 12.7. The number of hydrogen-bond donors (Lipinski definition) is 0. The van der Waals surface area contributed by atoms with Gasteiger partial charge in [-0.1, -0.05) is 36.2 Å². The number of benzene rings is 1. The summed E-state index contributed by atoms with van der Waals surface area (Å²) in [6.07, 6.45) is 1.66. The molecule has 1 aromatic carbocycles. The van der Waals surface area contributed by atoms with Crippen LogP contribution >= 0.6 is 23.2 Å². The van der Waals surface area contributed by atoms with E-state index in [1.54, 1.807) is 12.3 Å². The number of hydrogen-bond acceptors (Lipinski definition) is 1. The fourth-order valence-corrected chi connectivity index (χ4v) is 2.12. The van der Waals surface area contributed by atoms with Gasteiger partial charge in [0.05, 0.1) is 6.26 Å². The van der Waals surface area contributed by atoms with E-state index in [1.807, 2.05) is 31.2 Å². The van der Waals surface area contributed by atoms with Crippen LogP contribution < -0.4 is 0 Å².